The van der Waals surface area contributed by atoms with E-state index in [1.807, 2.05) is 0 Å². The van der Waals surface area contributed by atoms with Crippen molar-refractivity contribution in [3.8, 4) is 0 Å². The summed E-state index contributed by atoms with van der Waals surface area (Å²) in [6.07, 6.45) is 19.8. The Morgan fingerprint density at radius 1 is 0.857 bits per heavy atom. The summed E-state index contributed by atoms with van der Waals surface area (Å²) >= 11 is 0. The third kappa shape index (κ3) is 19.2. The average Bonchev–Trinajstić information content (AvgIpc) is 2.46. The molecule has 0 aliphatic rings. The predicted octanol–water partition coefficient (Wildman–Crippen LogP) is 5.34. The lowest BCUT2D eigenvalue weighted by Gasteiger charge is -2.02. The van der Waals surface area contributed by atoms with Gasteiger partial charge < -0.3 is 9.84 Å². The third-order valence-corrected chi connectivity index (χ3v) is 3.53. The van der Waals surface area contributed by atoms with Crippen molar-refractivity contribution < 1.29 is 14.6 Å². The Balaban J connectivity index is 3.05. The molecule has 0 rings (SSSR count). The van der Waals surface area contributed by atoms with Crippen LogP contribution in [0, 0.1) is 0 Å². The van der Waals surface area contributed by atoms with Crippen molar-refractivity contribution in [2.75, 3.05) is 13.2 Å². The number of carboxylic acid groups (broad SMARTS) is 1. The smallest absolute Gasteiger partial charge is 0.329 e. The number of rotatable bonds is 16. The molecule has 0 heterocycles. The number of carboxylic acids is 1. The minimum Gasteiger partial charge on any atom is -0.480 e. The zero-order valence-electron chi connectivity index (χ0n) is 13.8. The van der Waals surface area contributed by atoms with Gasteiger partial charge in [0.2, 0.25) is 0 Å². The van der Waals surface area contributed by atoms with Crippen molar-refractivity contribution in [3.63, 3.8) is 0 Å². The highest BCUT2D eigenvalue weighted by Gasteiger charge is 1.96. The number of carbonyl (C=O) groups is 1. The minimum absolute atomic E-state index is 0.162. The molecule has 3 heteroatoms. The standard InChI is InChI=1S/C18H34O3/c1-2-3-4-5-6-7-8-9-10-11-12-13-14-15-16-21-17-18(19)20/h7-8H,2-6,9-17H2,1H3,(H,19,20). The molecule has 1 N–H and O–H groups in total. The van der Waals surface area contributed by atoms with Crippen LogP contribution in [0.4, 0.5) is 0 Å². The SMILES string of the molecule is CCCCCCC=CCCCCCCCCOCC(=O)O. The van der Waals surface area contributed by atoms with Crippen molar-refractivity contribution in [2.45, 2.75) is 84.0 Å². The van der Waals surface area contributed by atoms with Gasteiger partial charge in [0, 0.05) is 6.61 Å². The second kappa shape index (κ2) is 17.2. The minimum atomic E-state index is -0.881. The van der Waals surface area contributed by atoms with Crippen LogP contribution in [0.15, 0.2) is 12.2 Å². The van der Waals surface area contributed by atoms with E-state index < -0.39 is 5.97 Å². The van der Waals surface area contributed by atoms with E-state index in [1.54, 1.807) is 0 Å². The first kappa shape index (κ1) is 20.2. The molecular weight excluding hydrogens is 264 g/mol. The molecule has 3 nitrogen and oxygen atoms in total. The molecule has 0 radical (unpaired) electrons. The largest absolute Gasteiger partial charge is 0.480 e. The molecule has 0 fully saturated rings. The van der Waals surface area contributed by atoms with Crippen LogP contribution >= 0.6 is 0 Å². The van der Waals surface area contributed by atoms with Crippen LogP contribution < -0.4 is 0 Å². The molecule has 0 aliphatic carbocycles. The summed E-state index contributed by atoms with van der Waals surface area (Å²) in [6.45, 7) is 2.66. The monoisotopic (exact) mass is 298 g/mol. The lowest BCUT2D eigenvalue weighted by atomic mass is 10.1. The van der Waals surface area contributed by atoms with Gasteiger partial charge in [-0.05, 0) is 32.1 Å². The number of hydrogen-bond acceptors (Lipinski definition) is 2. The van der Waals surface area contributed by atoms with Crippen molar-refractivity contribution >= 4 is 5.97 Å². The Bertz CT molecular complexity index is 249. The predicted molar refractivity (Wildman–Crippen MR) is 88.7 cm³/mol. The Kier molecular flexibility index (Phi) is 16.5. The summed E-state index contributed by atoms with van der Waals surface area (Å²) in [5.74, 6) is -0.881. The molecule has 124 valence electrons. The van der Waals surface area contributed by atoms with E-state index >= 15 is 0 Å². The second-order valence-electron chi connectivity index (χ2n) is 5.68. The Morgan fingerprint density at radius 3 is 1.95 bits per heavy atom. The van der Waals surface area contributed by atoms with Crippen LogP contribution in [0.25, 0.3) is 0 Å². The van der Waals surface area contributed by atoms with E-state index in [2.05, 4.69) is 19.1 Å². The summed E-state index contributed by atoms with van der Waals surface area (Å²) < 4.78 is 4.99. The van der Waals surface area contributed by atoms with Gasteiger partial charge in [-0.15, -0.1) is 0 Å². The number of unbranched alkanes of at least 4 members (excludes halogenated alkanes) is 10. The first-order chi connectivity index (χ1) is 10.3. The molecule has 0 amide bonds. The van der Waals surface area contributed by atoms with E-state index in [1.165, 1.54) is 64.2 Å². The third-order valence-electron chi connectivity index (χ3n) is 3.53. The van der Waals surface area contributed by atoms with Gasteiger partial charge in [0.25, 0.3) is 0 Å². The highest BCUT2D eigenvalue weighted by Crippen LogP contribution is 2.08. The molecule has 0 bridgehead atoms. The summed E-state index contributed by atoms with van der Waals surface area (Å²) in [4.78, 5) is 10.2. The molecule has 0 aromatic carbocycles. The molecule has 0 atom stereocenters. The second-order valence-corrected chi connectivity index (χ2v) is 5.68. The summed E-state index contributed by atoms with van der Waals surface area (Å²) in [7, 11) is 0. The van der Waals surface area contributed by atoms with Gasteiger partial charge in [0.1, 0.15) is 6.61 Å². The first-order valence-electron chi connectivity index (χ1n) is 8.72. The topological polar surface area (TPSA) is 46.5 Å². The summed E-state index contributed by atoms with van der Waals surface area (Å²) in [6, 6.07) is 0. The number of ether oxygens (including phenoxy) is 1. The first-order valence-corrected chi connectivity index (χ1v) is 8.72. The fraction of sp³-hybridized carbons (Fsp3) is 0.833. The van der Waals surface area contributed by atoms with Gasteiger partial charge >= 0.3 is 5.97 Å². The van der Waals surface area contributed by atoms with Crippen molar-refractivity contribution in [1.82, 2.24) is 0 Å². The van der Waals surface area contributed by atoms with Gasteiger partial charge in [0.05, 0.1) is 0 Å². The van der Waals surface area contributed by atoms with E-state index in [4.69, 9.17) is 9.84 Å². The zero-order chi connectivity index (χ0) is 15.6. The average molecular weight is 298 g/mol. The molecule has 0 saturated heterocycles. The quantitative estimate of drug-likeness (QED) is 0.309. The Labute approximate surface area is 130 Å². The van der Waals surface area contributed by atoms with E-state index in [0.717, 1.165) is 12.8 Å². The summed E-state index contributed by atoms with van der Waals surface area (Å²) in [5, 5.41) is 8.40. The van der Waals surface area contributed by atoms with Gasteiger partial charge in [-0.1, -0.05) is 64.0 Å². The van der Waals surface area contributed by atoms with Gasteiger partial charge in [0.15, 0.2) is 0 Å². The number of hydrogen-bond donors (Lipinski definition) is 1. The van der Waals surface area contributed by atoms with Crippen molar-refractivity contribution in [3.05, 3.63) is 12.2 Å². The van der Waals surface area contributed by atoms with Crippen LogP contribution in [-0.2, 0) is 9.53 Å². The normalized spacial score (nSPS) is 11.3. The fourth-order valence-electron chi connectivity index (χ4n) is 2.26. The van der Waals surface area contributed by atoms with Crippen molar-refractivity contribution in [1.29, 1.82) is 0 Å². The molecule has 0 unspecified atom stereocenters. The van der Waals surface area contributed by atoms with Crippen LogP contribution in [0.2, 0.25) is 0 Å². The van der Waals surface area contributed by atoms with E-state index in [-0.39, 0.29) is 6.61 Å². The number of allylic oxidation sites excluding steroid dienone is 2. The molecule has 0 aliphatic heterocycles. The maximum Gasteiger partial charge on any atom is 0.329 e. The Hall–Kier alpha value is -0.830. The van der Waals surface area contributed by atoms with Crippen LogP contribution in [0.1, 0.15) is 84.0 Å². The molecule has 0 aromatic heterocycles. The van der Waals surface area contributed by atoms with Crippen molar-refractivity contribution in [2.24, 2.45) is 0 Å². The molecule has 0 aromatic rings. The maximum atomic E-state index is 10.2. The van der Waals surface area contributed by atoms with Crippen LogP contribution in [-0.4, -0.2) is 24.3 Å². The highest BCUT2D eigenvalue weighted by atomic mass is 16.5. The Morgan fingerprint density at radius 2 is 1.38 bits per heavy atom. The van der Waals surface area contributed by atoms with Gasteiger partial charge in [-0.25, -0.2) is 4.79 Å². The highest BCUT2D eigenvalue weighted by molar-refractivity contribution is 5.67. The molecule has 21 heavy (non-hydrogen) atoms. The molecule has 0 saturated carbocycles. The van der Waals surface area contributed by atoms with E-state index in [0.29, 0.717) is 6.61 Å². The van der Waals surface area contributed by atoms with E-state index in [9.17, 15) is 4.79 Å². The zero-order valence-corrected chi connectivity index (χ0v) is 13.8. The fourth-order valence-corrected chi connectivity index (χ4v) is 2.26. The molecular formula is C18H34O3. The maximum absolute atomic E-state index is 10.2. The van der Waals surface area contributed by atoms with Crippen LogP contribution in [0.5, 0.6) is 0 Å². The van der Waals surface area contributed by atoms with Gasteiger partial charge in [-0.3, -0.25) is 0 Å². The lowest BCUT2D eigenvalue weighted by molar-refractivity contribution is -0.142. The van der Waals surface area contributed by atoms with Gasteiger partial charge in [-0.2, -0.15) is 0 Å². The number of aliphatic carboxylic acids is 1. The lowest BCUT2D eigenvalue weighted by Crippen LogP contribution is -2.07. The van der Waals surface area contributed by atoms with Crippen LogP contribution in [0.3, 0.4) is 0 Å². The molecule has 0 spiro atoms. The summed E-state index contributed by atoms with van der Waals surface area (Å²) in [5.41, 5.74) is 0.